The molecule has 0 saturated heterocycles. The Balaban J connectivity index is 1.51. The number of para-hydroxylation sites is 1. The van der Waals surface area contributed by atoms with E-state index < -0.39 is 0 Å². The summed E-state index contributed by atoms with van der Waals surface area (Å²) in [5.74, 6) is -0.151. The molecule has 1 aromatic heterocycles. The smallest absolute Gasteiger partial charge is 0.251 e. The maximum Gasteiger partial charge on any atom is 0.251 e. The number of aromatic nitrogens is 1. The molecule has 0 radical (unpaired) electrons. The molecular weight excluding hydrogens is 340 g/mol. The van der Waals surface area contributed by atoms with Crippen molar-refractivity contribution in [2.75, 3.05) is 13.1 Å². The zero-order valence-electron chi connectivity index (χ0n) is 15.1. The molecule has 3 aromatic rings. The van der Waals surface area contributed by atoms with E-state index in [0.29, 0.717) is 31.6 Å². The van der Waals surface area contributed by atoms with E-state index in [-0.39, 0.29) is 11.8 Å². The molecule has 2 aromatic carbocycles. The maximum absolute atomic E-state index is 12.2. The van der Waals surface area contributed by atoms with E-state index in [1.165, 1.54) is 0 Å². The molecule has 0 aliphatic carbocycles. The summed E-state index contributed by atoms with van der Waals surface area (Å²) in [5, 5.41) is 6.81. The summed E-state index contributed by atoms with van der Waals surface area (Å²) >= 11 is 0. The first-order chi connectivity index (χ1) is 13.2. The van der Waals surface area contributed by atoms with E-state index in [2.05, 4.69) is 15.6 Å². The third-order valence-corrected chi connectivity index (χ3v) is 4.40. The normalized spacial score (nSPS) is 10.7. The van der Waals surface area contributed by atoms with E-state index in [0.717, 1.165) is 28.5 Å². The minimum atomic E-state index is -0.113. The predicted molar refractivity (Wildman–Crippen MR) is 106 cm³/mol. The fraction of sp³-hybridized carbons (Fsp3) is 0.238. The van der Waals surface area contributed by atoms with Gasteiger partial charge in [-0.3, -0.25) is 9.59 Å². The highest BCUT2D eigenvalue weighted by atomic mass is 16.2. The van der Waals surface area contributed by atoms with Crippen molar-refractivity contribution in [2.24, 2.45) is 5.73 Å². The molecular formula is C21H24N4O2. The number of hydrogen-bond donors (Lipinski definition) is 4. The van der Waals surface area contributed by atoms with E-state index in [4.69, 9.17) is 5.73 Å². The van der Waals surface area contributed by atoms with Gasteiger partial charge in [0.25, 0.3) is 5.91 Å². The molecule has 6 heteroatoms. The Hall–Kier alpha value is -3.12. The SMILES string of the molecule is NCCCNC(=O)c1ccc(CNC(=O)Cc2c[nH]c3ccccc23)cc1. The molecule has 0 spiro atoms. The number of hydrogen-bond acceptors (Lipinski definition) is 3. The fourth-order valence-corrected chi connectivity index (χ4v) is 2.89. The Morgan fingerprint density at radius 2 is 1.78 bits per heavy atom. The van der Waals surface area contributed by atoms with Gasteiger partial charge in [0.05, 0.1) is 6.42 Å². The minimum absolute atomic E-state index is 0.0386. The maximum atomic E-state index is 12.2. The van der Waals surface area contributed by atoms with Gasteiger partial charge in [0.2, 0.25) is 5.91 Å². The van der Waals surface area contributed by atoms with Crippen molar-refractivity contribution in [3.8, 4) is 0 Å². The topological polar surface area (TPSA) is 100 Å². The van der Waals surface area contributed by atoms with Crippen LogP contribution in [0.4, 0.5) is 0 Å². The molecule has 27 heavy (non-hydrogen) atoms. The van der Waals surface area contributed by atoms with Crippen LogP contribution in [-0.2, 0) is 17.8 Å². The molecule has 6 nitrogen and oxygen atoms in total. The Morgan fingerprint density at radius 1 is 1.00 bits per heavy atom. The summed E-state index contributed by atoms with van der Waals surface area (Å²) < 4.78 is 0. The second-order valence-electron chi connectivity index (χ2n) is 6.41. The lowest BCUT2D eigenvalue weighted by atomic mass is 10.1. The number of benzene rings is 2. The summed E-state index contributed by atoms with van der Waals surface area (Å²) in [6.45, 7) is 1.55. The summed E-state index contributed by atoms with van der Waals surface area (Å²) in [6, 6.07) is 15.2. The van der Waals surface area contributed by atoms with Crippen molar-refractivity contribution in [3.63, 3.8) is 0 Å². The van der Waals surface area contributed by atoms with Crippen molar-refractivity contribution in [1.82, 2.24) is 15.6 Å². The Labute approximate surface area is 158 Å². The third kappa shape index (κ3) is 4.95. The molecule has 140 valence electrons. The quantitative estimate of drug-likeness (QED) is 0.461. The van der Waals surface area contributed by atoms with Crippen LogP contribution in [0.15, 0.2) is 54.7 Å². The Bertz CT molecular complexity index is 915. The number of rotatable bonds is 8. The highest BCUT2D eigenvalue weighted by molar-refractivity contribution is 5.94. The number of nitrogens with two attached hydrogens (primary N) is 1. The lowest BCUT2D eigenvalue weighted by molar-refractivity contribution is -0.120. The van der Waals surface area contributed by atoms with Gasteiger partial charge in [0.15, 0.2) is 0 Å². The van der Waals surface area contributed by atoms with Crippen molar-refractivity contribution in [3.05, 3.63) is 71.4 Å². The molecule has 0 fully saturated rings. The highest BCUT2D eigenvalue weighted by Crippen LogP contribution is 2.18. The number of amides is 2. The number of H-pyrrole nitrogens is 1. The monoisotopic (exact) mass is 364 g/mol. The van der Waals surface area contributed by atoms with E-state index in [1.807, 2.05) is 42.6 Å². The molecule has 0 atom stereocenters. The van der Waals surface area contributed by atoms with Gasteiger partial charge in [-0.25, -0.2) is 0 Å². The van der Waals surface area contributed by atoms with E-state index >= 15 is 0 Å². The van der Waals surface area contributed by atoms with Gasteiger partial charge in [-0.05, 0) is 42.3 Å². The molecule has 3 rings (SSSR count). The van der Waals surface area contributed by atoms with Crippen LogP contribution >= 0.6 is 0 Å². The molecule has 0 saturated carbocycles. The van der Waals surface area contributed by atoms with Gasteiger partial charge in [0.1, 0.15) is 0 Å². The highest BCUT2D eigenvalue weighted by Gasteiger charge is 2.09. The summed E-state index contributed by atoms with van der Waals surface area (Å²) in [6.07, 6.45) is 2.96. The van der Waals surface area contributed by atoms with Gasteiger partial charge in [-0.15, -0.1) is 0 Å². The first-order valence-corrected chi connectivity index (χ1v) is 9.06. The molecule has 0 unspecified atom stereocenters. The number of carbonyl (C=O) groups excluding carboxylic acids is 2. The van der Waals surface area contributed by atoms with Gasteiger partial charge >= 0.3 is 0 Å². The largest absolute Gasteiger partial charge is 0.361 e. The minimum Gasteiger partial charge on any atom is -0.361 e. The van der Waals surface area contributed by atoms with Crippen LogP contribution in [0, 0.1) is 0 Å². The van der Waals surface area contributed by atoms with Crippen LogP contribution in [0.1, 0.15) is 27.9 Å². The molecule has 1 heterocycles. The number of aromatic amines is 1. The average molecular weight is 364 g/mol. The van der Waals surface area contributed by atoms with Crippen LogP contribution in [-0.4, -0.2) is 29.9 Å². The van der Waals surface area contributed by atoms with Crippen molar-refractivity contribution in [2.45, 2.75) is 19.4 Å². The molecule has 5 N–H and O–H groups in total. The molecule has 0 aliphatic rings. The first-order valence-electron chi connectivity index (χ1n) is 9.06. The van der Waals surface area contributed by atoms with Crippen LogP contribution in [0.25, 0.3) is 10.9 Å². The zero-order chi connectivity index (χ0) is 19.1. The van der Waals surface area contributed by atoms with Crippen LogP contribution < -0.4 is 16.4 Å². The first kappa shape index (κ1) is 18.7. The van der Waals surface area contributed by atoms with Gasteiger partial charge in [-0.1, -0.05) is 30.3 Å². The number of nitrogens with one attached hydrogen (secondary N) is 3. The number of fused-ring (bicyclic) bond motifs is 1. The summed E-state index contributed by atoms with van der Waals surface area (Å²) in [5.41, 5.74) is 8.96. The molecule has 0 bridgehead atoms. The van der Waals surface area contributed by atoms with Crippen molar-refractivity contribution in [1.29, 1.82) is 0 Å². The standard InChI is InChI=1S/C21H24N4O2/c22-10-3-11-23-21(27)16-8-6-15(7-9-16)13-25-20(26)12-17-14-24-19-5-2-1-4-18(17)19/h1-2,4-9,14,24H,3,10-13,22H2,(H,23,27)(H,25,26). The summed E-state index contributed by atoms with van der Waals surface area (Å²) in [7, 11) is 0. The Kier molecular flexibility index (Phi) is 6.22. The van der Waals surface area contributed by atoms with Crippen LogP contribution in [0.5, 0.6) is 0 Å². The lowest BCUT2D eigenvalue weighted by Gasteiger charge is -2.07. The molecule has 2 amide bonds. The van der Waals surface area contributed by atoms with Crippen LogP contribution in [0.2, 0.25) is 0 Å². The predicted octanol–water partition coefficient (Wildman–Crippen LogP) is 2.11. The molecule has 0 aliphatic heterocycles. The Morgan fingerprint density at radius 3 is 2.56 bits per heavy atom. The van der Waals surface area contributed by atoms with E-state index in [9.17, 15) is 9.59 Å². The average Bonchev–Trinajstić information content (AvgIpc) is 3.10. The lowest BCUT2D eigenvalue weighted by Crippen LogP contribution is -2.26. The zero-order valence-corrected chi connectivity index (χ0v) is 15.1. The second kappa shape index (κ2) is 9.00. The van der Waals surface area contributed by atoms with Crippen molar-refractivity contribution < 1.29 is 9.59 Å². The van der Waals surface area contributed by atoms with Gasteiger partial charge in [-0.2, -0.15) is 0 Å². The summed E-state index contributed by atoms with van der Waals surface area (Å²) in [4.78, 5) is 27.4. The third-order valence-electron chi connectivity index (χ3n) is 4.40. The number of carbonyl (C=O) groups is 2. The fourth-order valence-electron chi connectivity index (χ4n) is 2.89. The van der Waals surface area contributed by atoms with E-state index in [1.54, 1.807) is 12.1 Å². The van der Waals surface area contributed by atoms with Crippen LogP contribution in [0.3, 0.4) is 0 Å². The van der Waals surface area contributed by atoms with Crippen molar-refractivity contribution >= 4 is 22.7 Å². The second-order valence-corrected chi connectivity index (χ2v) is 6.41. The van der Waals surface area contributed by atoms with Gasteiger partial charge in [0, 0.05) is 35.8 Å². The van der Waals surface area contributed by atoms with Gasteiger partial charge < -0.3 is 21.4 Å².